The predicted octanol–water partition coefficient (Wildman–Crippen LogP) is 5.19. The monoisotopic (exact) mass is 429 g/mol. The van der Waals surface area contributed by atoms with E-state index >= 15 is 0 Å². The first kappa shape index (κ1) is 19.7. The van der Waals surface area contributed by atoms with Crippen LogP contribution in [0.25, 0.3) is 11.3 Å². The molecule has 4 rings (SSSR count). The summed E-state index contributed by atoms with van der Waals surface area (Å²) >= 11 is 7.70. The first-order chi connectivity index (χ1) is 14.0. The number of rotatable bonds is 4. The number of aryl methyl sites for hydroxylation is 1. The van der Waals surface area contributed by atoms with Gasteiger partial charge in [0, 0.05) is 17.9 Å². The summed E-state index contributed by atoms with van der Waals surface area (Å²) in [6.45, 7) is 2.69. The van der Waals surface area contributed by atoms with Gasteiger partial charge in [-0.15, -0.1) is 0 Å². The van der Waals surface area contributed by atoms with Gasteiger partial charge in [-0.25, -0.2) is 4.39 Å². The molecule has 0 atom stereocenters. The lowest BCUT2D eigenvalue weighted by atomic mass is 10.1. The van der Waals surface area contributed by atoms with E-state index in [1.54, 1.807) is 30.0 Å². The van der Waals surface area contributed by atoms with Crippen LogP contribution >= 0.6 is 23.4 Å². The van der Waals surface area contributed by atoms with E-state index in [2.05, 4.69) is 10.1 Å². The fourth-order valence-electron chi connectivity index (χ4n) is 3.11. The summed E-state index contributed by atoms with van der Waals surface area (Å²) in [6, 6.07) is 13.6. The fraction of sp³-hybridized carbons (Fsp3) is 0.190. The molecule has 0 bridgehead atoms. The molecule has 0 saturated heterocycles. The summed E-state index contributed by atoms with van der Waals surface area (Å²) in [6.07, 6.45) is 0. The third kappa shape index (κ3) is 4.06. The molecule has 0 fully saturated rings. The van der Waals surface area contributed by atoms with Crippen molar-refractivity contribution in [3.05, 3.63) is 76.3 Å². The molecular formula is C21H17ClFN3O2S. The Labute approximate surface area is 176 Å². The zero-order valence-electron chi connectivity index (χ0n) is 15.6. The Morgan fingerprint density at radius 2 is 2.10 bits per heavy atom. The number of halogens is 2. The van der Waals surface area contributed by atoms with Crippen molar-refractivity contribution in [2.24, 2.45) is 4.99 Å². The number of benzene rings is 2. The van der Waals surface area contributed by atoms with E-state index < -0.39 is 0 Å². The third-order valence-corrected chi connectivity index (χ3v) is 5.92. The molecule has 0 aliphatic carbocycles. The predicted molar refractivity (Wildman–Crippen MR) is 113 cm³/mol. The molecule has 3 aromatic rings. The summed E-state index contributed by atoms with van der Waals surface area (Å²) in [4.78, 5) is 19.4. The Balaban J connectivity index is 1.58. The largest absolute Gasteiger partial charge is 0.360 e. The van der Waals surface area contributed by atoms with Gasteiger partial charge in [0.05, 0.1) is 11.6 Å². The molecule has 5 nitrogen and oxygen atoms in total. The molecule has 1 amide bonds. The number of thioether (sulfide) groups is 1. The van der Waals surface area contributed by atoms with Crippen LogP contribution in [0.2, 0.25) is 5.02 Å². The highest BCUT2D eigenvalue weighted by molar-refractivity contribution is 8.13. The average Bonchev–Trinajstić information content (AvgIpc) is 3.33. The third-order valence-electron chi connectivity index (χ3n) is 4.51. The van der Waals surface area contributed by atoms with Crippen LogP contribution in [0.5, 0.6) is 0 Å². The molecule has 0 spiro atoms. The van der Waals surface area contributed by atoms with Crippen molar-refractivity contribution in [1.29, 1.82) is 0 Å². The van der Waals surface area contributed by atoms with E-state index in [9.17, 15) is 9.18 Å². The van der Waals surface area contributed by atoms with Crippen LogP contribution in [0.4, 0.5) is 4.39 Å². The van der Waals surface area contributed by atoms with Crippen molar-refractivity contribution in [2.45, 2.75) is 12.7 Å². The Morgan fingerprint density at radius 1 is 1.28 bits per heavy atom. The molecule has 2 heterocycles. The lowest BCUT2D eigenvalue weighted by molar-refractivity contribution is 0.0859. The normalized spacial score (nSPS) is 13.6. The van der Waals surface area contributed by atoms with Crippen LogP contribution in [0.1, 0.15) is 21.7 Å². The molecule has 1 aliphatic heterocycles. The SMILES string of the molecule is Cc1onc(-c2ccccc2Cl)c1C(=O)N1CCN=C1SCc1cccc(F)c1. The van der Waals surface area contributed by atoms with Crippen LogP contribution in [-0.4, -0.2) is 34.2 Å². The smallest absolute Gasteiger partial charge is 0.265 e. The summed E-state index contributed by atoms with van der Waals surface area (Å²) in [5.41, 5.74) is 2.26. The summed E-state index contributed by atoms with van der Waals surface area (Å²) < 4.78 is 18.7. The highest BCUT2D eigenvalue weighted by atomic mass is 35.5. The Kier molecular flexibility index (Phi) is 5.69. The van der Waals surface area contributed by atoms with Gasteiger partial charge in [0.15, 0.2) is 5.17 Å². The van der Waals surface area contributed by atoms with Crippen molar-refractivity contribution in [1.82, 2.24) is 10.1 Å². The quantitative estimate of drug-likeness (QED) is 0.572. The van der Waals surface area contributed by atoms with Crippen LogP contribution in [0.3, 0.4) is 0 Å². The van der Waals surface area contributed by atoms with Gasteiger partial charge in [-0.1, -0.05) is 58.9 Å². The van der Waals surface area contributed by atoms with Gasteiger partial charge < -0.3 is 4.52 Å². The number of aromatic nitrogens is 1. The first-order valence-corrected chi connectivity index (χ1v) is 10.4. The lowest BCUT2D eigenvalue weighted by Gasteiger charge is -2.18. The van der Waals surface area contributed by atoms with Gasteiger partial charge in [-0.3, -0.25) is 14.7 Å². The molecule has 29 heavy (non-hydrogen) atoms. The molecule has 1 aliphatic rings. The molecule has 148 valence electrons. The van der Waals surface area contributed by atoms with Gasteiger partial charge in [-0.05, 0) is 30.7 Å². The fourth-order valence-corrected chi connectivity index (χ4v) is 4.32. The van der Waals surface area contributed by atoms with Crippen molar-refractivity contribution in [3.8, 4) is 11.3 Å². The molecule has 8 heteroatoms. The second-order valence-electron chi connectivity index (χ2n) is 6.48. The van der Waals surface area contributed by atoms with Crippen molar-refractivity contribution >= 4 is 34.4 Å². The van der Waals surface area contributed by atoms with E-state index in [-0.39, 0.29) is 11.7 Å². The van der Waals surface area contributed by atoms with Gasteiger partial charge in [0.2, 0.25) is 0 Å². The topological polar surface area (TPSA) is 58.7 Å². The molecule has 1 aromatic heterocycles. The minimum atomic E-state index is -0.283. The number of amides is 1. The summed E-state index contributed by atoms with van der Waals surface area (Å²) in [5, 5.41) is 5.17. The van der Waals surface area contributed by atoms with Gasteiger partial charge in [0.1, 0.15) is 22.8 Å². The Hall–Kier alpha value is -2.64. The number of amidine groups is 1. The van der Waals surface area contributed by atoms with Crippen LogP contribution in [0.15, 0.2) is 58.0 Å². The van der Waals surface area contributed by atoms with Crippen molar-refractivity contribution in [2.75, 3.05) is 13.1 Å². The van der Waals surface area contributed by atoms with Gasteiger partial charge >= 0.3 is 0 Å². The molecule has 0 N–H and O–H groups in total. The highest BCUT2D eigenvalue weighted by Crippen LogP contribution is 2.33. The zero-order valence-corrected chi connectivity index (χ0v) is 17.1. The van der Waals surface area contributed by atoms with Gasteiger partial charge in [-0.2, -0.15) is 0 Å². The number of nitrogens with zero attached hydrogens (tertiary/aromatic N) is 3. The van der Waals surface area contributed by atoms with Crippen LogP contribution < -0.4 is 0 Å². The molecule has 2 aromatic carbocycles. The van der Waals surface area contributed by atoms with Crippen molar-refractivity contribution < 1.29 is 13.7 Å². The standard InChI is InChI=1S/C21H17ClFN3O2S/c1-13-18(19(25-28-13)16-7-2-3-8-17(16)22)20(27)26-10-9-24-21(26)29-12-14-5-4-6-15(23)11-14/h2-8,11H,9-10,12H2,1H3. The number of hydrogen-bond acceptors (Lipinski definition) is 5. The zero-order chi connectivity index (χ0) is 20.4. The van der Waals surface area contributed by atoms with Crippen molar-refractivity contribution in [3.63, 3.8) is 0 Å². The molecule has 0 saturated carbocycles. The number of hydrogen-bond donors (Lipinski definition) is 0. The number of aliphatic imine (C=N–C) groups is 1. The number of carbonyl (C=O) groups excluding carboxylic acids is 1. The van der Waals surface area contributed by atoms with Gasteiger partial charge in [0.25, 0.3) is 5.91 Å². The van der Waals surface area contributed by atoms with E-state index in [0.717, 1.165) is 5.56 Å². The minimum absolute atomic E-state index is 0.235. The van der Waals surface area contributed by atoms with E-state index in [4.69, 9.17) is 16.1 Å². The molecular weight excluding hydrogens is 413 g/mol. The Bertz CT molecular complexity index is 1100. The summed E-state index contributed by atoms with van der Waals surface area (Å²) in [5.74, 6) is 0.419. The number of carbonyl (C=O) groups is 1. The summed E-state index contributed by atoms with van der Waals surface area (Å²) in [7, 11) is 0. The maximum atomic E-state index is 13.4. The maximum absolute atomic E-state index is 13.4. The second-order valence-corrected chi connectivity index (χ2v) is 7.83. The van der Waals surface area contributed by atoms with E-state index in [1.807, 2.05) is 18.2 Å². The molecule has 0 radical (unpaired) electrons. The lowest BCUT2D eigenvalue weighted by Crippen LogP contribution is -2.33. The Morgan fingerprint density at radius 3 is 2.90 bits per heavy atom. The van der Waals surface area contributed by atoms with Crippen LogP contribution in [0, 0.1) is 12.7 Å². The average molecular weight is 430 g/mol. The second kappa shape index (κ2) is 8.39. The molecule has 0 unspecified atom stereocenters. The van der Waals surface area contributed by atoms with Crippen LogP contribution in [-0.2, 0) is 5.75 Å². The maximum Gasteiger partial charge on any atom is 0.265 e. The van der Waals surface area contributed by atoms with E-state index in [1.165, 1.54) is 23.9 Å². The minimum Gasteiger partial charge on any atom is -0.360 e. The first-order valence-electron chi connectivity index (χ1n) is 8.99. The highest BCUT2D eigenvalue weighted by Gasteiger charge is 2.31. The van der Waals surface area contributed by atoms with E-state index in [0.29, 0.717) is 51.6 Å².